The second-order valence-corrected chi connectivity index (χ2v) is 3.46. The fourth-order valence-corrected chi connectivity index (χ4v) is 0.940. The molecule has 0 heterocycles. The molecule has 1 rings (SSSR count). The molecule has 1 aromatic carbocycles. The van der Waals surface area contributed by atoms with Crippen molar-refractivity contribution in [3.8, 4) is 5.75 Å². The Kier molecular flexibility index (Phi) is 3.65. The number of hydrogen-bond donors (Lipinski definition) is 0. The fraction of sp³-hybridized carbons (Fsp3) is 0.364. The molecule has 0 saturated heterocycles. The van der Waals surface area contributed by atoms with Gasteiger partial charge in [-0.3, -0.25) is 0 Å². The molecule has 0 aliphatic heterocycles. The summed E-state index contributed by atoms with van der Waals surface area (Å²) in [7, 11) is 0. The molecule has 0 spiro atoms. The zero-order valence-corrected chi connectivity index (χ0v) is 8.36. The molecular formula is C11H14NO2. The van der Waals surface area contributed by atoms with Gasteiger partial charge in [0.1, 0.15) is 11.8 Å². The highest BCUT2D eigenvalue weighted by atomic mass is 16.5. The Morgan fingerprint density at radius 1 is 1.29 bits per heavy atom. The average Bonchev–Trinajstić information content (AvgIpc) is 2.18. The Bertz CT molecular complexity index is 295. The standard InChI is InChI=1S/C11H14NO2/c1-8(2)10(12)11(13)14-9-6-4-3-5-7-9/h3-8,10,12H,1-2H3. The van der Waals surface area contributed by atoms with Crippen LogP contribution in [-0.2, 0) is 4.79 Å². The molecule has 75 valence electrons. The first-order valence-corrected chi connectivity index (χ1v) is 4.59. The first-order chi connectivity index (χ1) is 6.61. The van der Waals surface area contributed by atoms with Crippen LogP contribution in [0.3, 0.4) is 0 Å². The highest BCUT2D eigenvalue weighted by Gasteiger charge is 2.19. The van der Waals surface area contributed by atoms with E-state index in [9.17, 15) is 4.79 Å². The SMILES string of the molecule is CC(C)C([NH])C(=O)Oc1ccccc1. The van der Waals surface area contributed by atoms with Gasteiger partial charge in [0, 0.05) is 0 Å². The summed E-state index contributed by atoms with van der Waals surface area (Å²) in [4.78, 5) is 11.3. The fourth-order valence-electron chi connectivity index (χ4n) is 0.940. The van der Waals surface area contributed by atoms with Crippen molar-refractivity contribution >= 4 is 5.97 Å². The van der Waals surface area contributed by atoms with Gasteiger partial charge >= 0.3 is 5.97 Å². The van der Waals surface area contributed by atoms with Gasteiger partial charge in [0.15, 0.2) is 0 Å². The lowest BCUT2D eigenvalue weighted by molar-refractivity contribution is -0.137. The molecule has 14 heavy (non-hydrogen) atoms. The molecule has 0 bridgehead atoms. The van der Waals surface area contributed by atoms with Gasteiger partial charge < -0.3 is 4.74 Å². The normalized spacial score (nSPS) is 12.6. The molecule has 1 unspecified atom stereocenters. The monoisotopic (exact) mass is 192 g/mol. The zero-order chi connectivity index (χ0) is 10.6. The maximum Gasteiger partial charge on any atom is 0.330 e. The topological polar surface area (TPSA) is 50.1 Å². The van der Waals surface area contributed by atoms with Crippen LogP contribution in [0, 0.1) is 5.92 Å². The summed E-state index contributed by atoms with van der Waals surface area (Å²) in [6, 6.07) is 8.01. The lowest BCUT2D eigenvalue weighted by Gasteiger charge is -2.12. The molecule has 0 fully saturated rings. The van der Waals surface area contributed by atoms with E-state index in [-0.39, 0.29) is 5.92 Å². The van der Waals surface area contributed by atoms with Crippen molar-refractivity contribution in [3.05, 3.63) is 30.3 Å². The number of benzene rings is 1. The van der Waals surface area contributed by atoms with Crippen molar-refractivity contribution in [2.45, 2.75) is 19.9 Å². The van der Waals surface area contributed by atoms with Gasteiger partial charge in [-0.25, -0.2) is 10.5 Å². The Balaban J connectivity index is 2.58. The van der Waals surface area contributed by atoms with Crippen LogP contribution in [0.4, 0.5) is 0 Å². The highest BCUT2D eigenvalue weighted by molar-refractivity contribution is 5.78. The maximum absolute atomic E-state index is 11.3. The number of para-hydroxylation sites is 1. The third-order valence-corrected chi connectivity index (χ3v) is 1.88. The molecule has 0 saturated carbocycles. The van der Waals surface area contributed by atoms with Crippen molar-refractivity contribution in [2.24, 2.45) is 5.92 Å². The van der Waals surface area contributed by atoms with Crippen LogP contribution < -0.4 is 10.5 Å². The Labute approximate surface area is 83.9 Å². The van der Waals surface area contributed by atoms with Crippen LogP contribution in [0.2, 0.25) is 0 Å². The van der Waals surface area contributed by atoms with E-state index in [0.29, 0.717) is 5.75 Å². The molecule has 3 heteroatoms. The van der Waals surface area contributed by atoms with Crippen molar-refractivity contribution < 1.29 is 9.53 Å². The maximum atomic E-state index is 11.3. The van der Waals surface area contributed by atoms with Gasteiger partial charge in [-0.2, -0.15) is 0 Å². The van der Waals surface area contributed by atoms with Crippen molar-refractivity contribution in [1.29, 1.82) is 0 Å². The van der Waals surface area contributed by atoms with E-state index in [2.05, 4.69) is 0 Å². The van der Waals surface area contributed by atoms with Gasteiger partial charge in [-0.15, -0.1) is 0 Å². The number of hydrogen-bond acceptors (Lipinski definition) is 2. The summed E-state index contributed by atoms with van der Waals surface area (Å²) in [5.74, 6) is -0.0205. The van der Waals surface area contributed by atoms with Crippen LogP contribution in [0.1, 0.15) is 13.8 Å². The minimum absolute atomic E-state index is 0.0220. The molecule has 0 aromatic heterocycles. The van der Waals surface area contributed by atoms with E-state index in [1.807, 2.05) is 19.9 Å². The second-order valence-electron chi connectivity index (χ2n) is 3.46. The van der Waals surface area contributed by atoms with Gasteiger partial charge in [-0.05, 0) is 18.1 Å². The Morgan fingerprint density at radius 3 is 2.36 bits per heavy atom. The number of carbonyl (C=O) groups excluding carboxylic acids is 1. The van der Waals surface area contributed by atoms with Crippen molar-refractivity contribution in [3.63, 3.8) is 0 Å². The Hall–Kier alpha value is -1.35. The number of esters is 1. The first-order valence-electron chi connectivity index (χ1n) is 4.59. The number of rotatable bonds is 3. The van der Waals surface area contributed by atoms with Gasteiger partial charge in [0.05, 0.1) is 0 Å². The quantitative estimate of drug-likeness (QED) is 0.542. The van der Waals surface area contributed by atoms with Gasteiger partial charge in [0.25, 0.3) is 0 Å². The molecule has 0 aliphatic rings. The number of carbonyl (C=O) groups is 1. The molecule has 1 N–H and O–H groups in total. The average molecular weight is 192 g/mol. The molecule has 1 aromatic rings. The van der Waals surface area contributed by atoms with E-state index >= 15 is 0 Å². The van der Waals surface area contributed by atoms with Crippen LogP contribution in [0.25, 0.3) is 0 Å². The third kappa shape index (κ3) is 2.85. The summed E-state index contributed by atoms with van der Waals surface area (Å²) in [6.45, 7) is 3.65. The first kappa shape index (κ1) is 10.7. The smallest absolute Gasteiger partial charge is 0.330 e. The van der Waals surface area contributed by atoms with E-state index < -0.39 is 12.0 Å². The predicted molar refractivity (Wildman–Crippen MR) is 53.8 cm³/mol. The molecule has 3 nitrogen and oxygen atoms in total. The lowest BCUT2D eigenvalue weighted by Crippen LogP contribution is -2.31. The Morgan fingerprint density at radius 2 is 1.86 bits per heavy atom. The molecule has 1 atom stereocenters. The zero-order valence-electron chi connectivity index (χ0n) is 8.36. The van der Waals surface area contributed by atoms with Gasteiger partial charge in [0.2, 0.25) is 0 Å². The third-order valence-electron chi connectivity index (χ3n) is 1.88. The molecular weight excluding hydrogens is 178 g/mol. The molecule has 1 radical (unpaired) electrons. The summed E-state index contributed by atoms with van der Waals surface area (Å²) in [5, 5.41) is 0. The van der Waals surface area contributed by atoms with E-state index in [1.165, 1.54) is 0 Å². The summed E-state index contributed by atoms with van der Waals surface area (Å²) in [6.07, 6.45) is 0. The minimum Gasteiger partial charge on any atom is -0.425 e. The summed E-state index contributed by atoms with van der Waals surface area (Å²) >= 11 is 0. The van der Waals surface area contributed by atoms with Crippen LogP contribution in [-0.4, -0.2) is 12.0 Å². The largest absolute Gasteiger partial charge is 0.425 e. The highest BCUT2D eigenvalue weighted by Crippen LogP contribution is 2.11. The van der Waals surface area contributed by atoms with Crippen LogP contribution >= 0.6 is 0 Å². The summed E-state index contributed by atoms with van der Waals surface area (Å²) in [5.41, 5.74) is 7.51. The van der Waals surface area contributed by atoms with E-state index in [1.54, 1.807) is 24.3 Å². The van der Waals surface area contributed by atoms with Crippen molar-refractivity contribution in [2.75, 3.05) is 0 Å². The van der Waals surface area contributed by atoms with Gasteiger partial charge in [-0.1, -0.05) is 32.0 Å². The van der Waals surface area contributed by atoms with Crippen LogP contribution in [0.15, 0.2) is 30.3 Å². The summed E-state index contributed by atoms with van der Waals surface area (Å²) < 4.78 is 5.01. The minimum atomic E-state index is -0.810. The van der Waals surface area contributed by atoms with Crippen LogP contribution in [0.5, 0.6) is 5.75 Å². The predicted octanol–water partition coefficient (Wildman–Crippen LogP) is 1.90. The second kappa shape index (κ2) is 4.77. The number of nitrogens with one attached hydrogen (secondary N) is 1. The molecule has 0 amide bonds. The van der Waals surface area contributed by atoms with E-state index in [0.717, 1.165) is 0 Å². The lowest BCUT2D eigenvalue weighted by atomic mass is 10.1. The number of ether oxygens (including phenoxy) is 1. The molecule has 0 aliphatic carbocycles. The van der Waals surface area contributed by atoms with Crippen molar-refractivity contribution in [1.82, 2.24) is 5.73 Å². The van der Waals surface area contributed by atoms with E-state index in [4.69, 9.17) is 10.5 Å².